The van der Waals surface area contributed by atoms with Gasteiger partial charge in [-0.25, -0.2) is 4.98 Å². The first-order valence-corrected chi connectivity index (χ1v) is 7.20. The van der Waals surface area contributed by atoms with E-state index in [2.05, 4.69) is 20.9 Å². The number of nitrogens with zero attached hydrogens (tertiary/aromatic N) is 2. The molecule has 1 aromatic heterocycles. The van der Waals surface area contributed by atoms with Crippen molar-refractivity contribution in [3.63, 3.8) is 0 Å². The van der Waals surface area contributed by atoms with Crippen LogP contribution in [0.2, 0.25) is 0 Å². The van der Waals surface area contributed by atoms with Crippen LogP contribution in [0.15, 0.2) is 42.9 Å². The lowest BCUT2D eigenvalue weighted by Gasteiger charge is -2.08. The first kappa shape index (κ1) is 12.4. The van der Waals surface area contributed by atoms with E-state index in [1.165, 1.54) is 0 Å². The fourth-order valence-electron chi connectivity index (χ4n) is 2.50. The average Bonchev–Trinajstić information content (AvgIpc) is 2.99. The molecule has 1 aliphatic carbocycles. The third-order valence-corrected chi connectivity index (χ3v) is 4.55. The Kier molecular flexibility index (Phi) is 2.93. The van der Waals surface area contributed by atoms with Crippen molar-refractivity contribution in [3.8, 4) is 5.69 Å². The normalized spacial score (nSPS) is 25.2. The fraction of sp³-hybridized carbons (Fsp3) is 0.286. The third-order valence-electron chi connectivity index (χ3n) is 3.77. The van der Waals surface area contributed by atoms with E-state index in [9.17, 15) is 9.90 Å². The highest BCUT2D eigenvalue weighted by atomic mass is 79.9. The van der Waals surface area contributed by atoms with Gasteiger partial charge in [0.2, 0.25) is 0 Å². The summed E-state index contributed by atoms with van der Waals surface area (Å²) in [6.45, 7) is 0. The SMILES string of the molecule is O=C(O)[C@]1(c2cn(-c3ccccc3)cn2)C[C@@H]1CBr. The number of para-hydroxylation sites is 1. The number of carboxylic acid groups (broad SMARTS) is 1. The van der Waals surface area contributed by atoms with Gasteiger partial charge in [0.15, 0.2) is 0 Å². The summed E-state index contributed by atoms with van der Waals surface area (Å²) in [5.41, 5.74) is 0.829. The molecule has 0 aliphatic heterocycles. The van der Waals surface area contributed by atoms with Gasteiger partial charge in [0, 0.05) is 17.2 Å². The largest absolute Gasteiger partial charge is 0.481 e. The second kappa shape index (κ2) is 4.49. The number of carbonyl (C=O) groups is 1. The van der Waals surface area contributed by atoms with Crippen LogP contribution in [0.4, 0.5) is 0 Å². The van der Waals surface area contributed by atoms with Crippen molar-refractivity contribution in [1.29, 1.82) is 0 Å². The smallest absolute Gasteiger partial charge is 0.316 e. The maximum atomic E-state index is 11.5. The standard InChI is InChI=1S/C14H13BrN2O2/c15-7-10-6-14(10,13(18)19)12-8-17(9-16-12)11-4-2-1-3-5-11/h1-5,8-10H,6-7H2,(H,18,19)/t10-,14-/m1/s1. The summed E-state index contributed by atoms with van der Waals surface area (Å²) in [5.74, 6) is -0.653. The molecule has 0 unspecified atom stereocenters. The first-order chi connectivity index (χ1) is 9.18. The van der Waals surface area contributed by atoms with E-state index in [4.69, 9.17) is 0 Å². The van der Waals surface area contributed by atoms with Crippen molar-refractivity contribution < 1.29 is 9.90 Å². The number of benzene rings is 1. The van der Waals surface area contributed by atoms with E-state index in [1.807, 2.05) is 41.1 Å². The molecular formula is C14H13BrN2O2. The molecule has 3 rings (SSSR count). The number of rotatable bonds is 4. The molecule has 2 aromatic rings. The van der Waals surface area contributed by atoms with E-state index < -0.39 is 11.4 Å². The Balaban J connectivity index is 1.96. The molecule has 0 spiro atoms. The molecule has 1 aliphatic rings. The molecule has 2 atom stereocenters. The zero-order valence-corrected chi connectivity index (χ0v) is 11.7. The number of aromatic nitrogens is 2. The maximum absolute atomic E-state index is 11.5. The molecule has 19 heavy (non-hydrogen) atoms. The Labute approximate surface area is 119 Å². The number of hydrogen-bond acceptors (Lipinski definition) is 2. The first-order valence-electron chi connectivity index (χ1n) is 6.07. The number of alkyl halides is 1. The van der Waals surface area contributed by atoms with Gasteiger partial charge in [0.25, 0.3) is 0 Å². The van der Waals surface area contributed by atoms with Crippen molar-refractivity contribution in [1.82, 2.24) is 9.55 Å². The number of aliphatic carboxylic acids is 1. The van der Waals surface area contributed by atoms with Crippen LogP contribution in [0, 0.1) is 5.92 Å². The van der Waals surface area contributed by atoms with Crippen LogP contribution < -0.4 is 0 Å². The van der Waals surface area contributed by atoms with Gasteiger partial charge in [-0.3, -0.25) is 4.79 Å². The lowest BCUT2D eigenvalue weighted by Crippen LogP contribution is -2.23. The molecule has 1 saturated carbocycles. The lowest BCUT2D eigenvalue weighted by molar-refractivity contribution is -0.140. The van der Waals surface area contributed by atoms with Crippen LogP contribution in [-0.4, -0.2) is 26.0 Å². The van der Waals surface area contributed by atoms with E-state index in [0.29, 0.717) is 17.4 Å². The van der Waals surface area contributed by atoms with E-state index in [1.54, 1.807) is 6.33 Å². The van der Waals surface area contributed by atoms with Crippen LogP contribution in [0.5, 0.6) is 0 Å². The summed E-state index contributed by atoms with van der Waals surface area (Å²) >= 11 is 3.37. The Morgan fingerprint density at radius 3 is 2.79 bits per heavy atom. The number of halogens is 1. The Morgan fingerprint density at radius 1 is 1.47 bits per heavy atom. The summed E-state index contributed by atoms with van der Waals surface area (Å²) < 4.78 is 1.86. The van der Waals surface area contributed by atoms with Crippen LogP contribution in [0.1, 0.15) is 12.1 Å². The molecule has 0 amide bonds. The zero-order chi connectivity index (χ0) is 13.5. The zero-order valence-electron chi connectivity index (χ0n) is 10.2. The van der Waals surface area contributed by atoms with Gasteiger partial charge in [-0.1, -0.05) is 34.1 Å². The molecule has 98 valence electrons. The summed E-state index contributed by atoms with van der Waals surface area (Å²) in [4.78, 5) is 15.8. The van der Waals surface area contributed by atoms with E-state index in [0.717, 1.165) is 5.69 Å². The van der Waals surface area contributed by atoms with Crippen LogP contribution >= 0.6 is 15.9 Å². The fourth-order valence-corrected chi connectivity index (χ4v) is 3.28. The molecule has 1 aromatic carbocycles. The molecule has 1 heterocycles. The van der Waals surface area contributed by atoms with Crippen molar-refractivity contribution in [2.24, 2.45) is 5.92 Å². The highest BCUT2D eigenvalue weighted by Crippen LogP contribution is 2.54. The van der Waals surface area contributed by atoms with Gasteiger partial charge in [-0.2, -0.15) is 0 Å². The van der Waals surface area contributed by atoms with Gasteiger partial charge in [-0.15, -0.1) is 0 Å². The van der Waals surface area contributed by atoms with Gasteiger partial charge in [0.1, 0.15) is 5.41 Å². The predicted molar refractivity (Wildman–Crippen MR) is 74.8 cm³/mol. The van der Waals surface area contributed by atoms with E-state index >= 15 is 0 Å². The average molecular weight is 321 g/mol. The summed E-state index contributed by atoms with van der Waals surface area (Å²) in [5, 5.41) is 10.2. The highest BCUT2D eigenvalue weighted by Gasteiger charge is 2.62. The molecule has 4 nitrogen and oxygen atoms in total. The summed E-state index contributed by atoms with van der Waals surface area (Å²) in [7, 11) is 0. The molecule has 0 bridgehead atoms. The minimum atomic E-state index is -0.802. The topological polar surface area (TPSA) is 55.1 Å². The van der Waals surface area contributed by atoms with Crippen molar-refractivity contribution >= 4 is 21.9 Å². The number of carboxylic acids is 1. The molecular weight excluding hydrogens is 308 g/mol. The summed E-state index contributed by atoms with van der Waals surface area (Å²) in [6.07, 6.45) is 4.16. The molecule has 0 saturated heterocycles. The highest BCUT2D eigenvalue weighted by molar-refractivity contribution is 9.09. The Morgan fingerprint density at radius 2 is 2.21 bits per heavy atom. The summed E-state index contributed by atoms with van der Waals surface area (Å²) in [6, 6.07) is 9.77. The molecule has 0 radical (unpaired) electrons. The monoisotopic (exact) mass is 320 g/mol. The molecule has 1 fully saturated rings. The van der Waals surface area contributed by atoms with Crippen molar-refractivity contribution in [3.05, 3.63) is 48.5 Å². The van der Waals surface area contributed by atoms with Gasteiger partial charge in [0.05, 0.1) is 12.0 Å². The second-order valence-corrected chi connectivity index (χ2v) is 5.48. The van der Waals surface area contributed by atoms with E-state index in [-0.39, 0.29) is 5.92 Å². The van der Waals surface area contributed by atoms with Crippen molar-refractivity contribution in [2.75, 3.05) is 5.33 Å². The molecule has 5 heteroatoms. The predicted octanol–water partition coefficient (Wildman–Crippen LogP) is 2.61. The van der Waals surface area contributed by atoms with Gasteiger partial charge < -0.3 is 9.67 Å². The quantitative estimate of drug-likeness (QED) is 0.881. The minimum absolute atomic E-state index is 0.129. The van der Waals surface area contributed by atoms with Gasteiger partial charge >= 0.3 is 5.97 Å². The Bertz CT molecular complexity index is 611. The van der Waals surface area contributed by atoms with Gasteiger partial charge in [-0.05, 0) is 24.5 Å². The maximum Gasteiger partial charge on any atom is 0.316 e. The number of imidazole rings is 1. The van der Waals surface area contributed by atoms with Crippen LogP contribution in [0.25, 0.3) is 5.69 Å². The third kappa shape index (κ3) is 1.89. The van der Waals surface area contributed by atoms with Crippen LogP contribution in [0.3, 0.4) is 0 Å². The lowest BCUT2D eigenvalue weighted by atomic mass is 10.0. The Hall–Kier alpha value is -1.62. The van der Waals surface area contributed by atoms with Crippen molar-refractivity contribution in [2.45, 2.75) is 11.8 Å². The second-order valence-electron chi connectivity index (χ2n) is 4.83. The van der Waals surface area contributed by atoms with Crippen LogP contribution in [-0.2, 0) is 10.2 Å². The molecule has 1 N–H and O–H groups in total. The minimum Gasteiger partial charge on any atom is -0.481 e. The number of hydrogen-bond donors (Lipinski definition) is 1.